The van der Waals surface area contributed by atoms with Crippen LogP contribution < -0.4 is 5.56 Å². The summed E-state index contributed by atoms with van der Waals surface area (Å²) in [4.78, 5) is 20.6. The molecule has 0 aliphatic carbocycles. The third-order valence-corrected chi connectivity index (χ3v) is 3.45. The van der Waals surface area contributed by atoms with Gasteiger partial charge in [-0.2, -0.15) is 0 Å². The third kappa shape index (κ3) is 2.31. The van der Waals surface area contributed by atoms with Gasteiger partial charge in [0.15, 0.2) is 0 Å². The van der Waals surface area contributed by atoms with E-state index >= 15 is 0 Å². The minimum Gasteiger partial charge on any atom is -0.327 e. The highest BCUT2D eigenvalue weighted by molar-refractivity contribution is 5.38. The SMILES string of the molecule is CC(C)c1cn2c(=O)c(C(C)C)c(C(C)C)nc2[nH]1. The molecule has 104 valence electrons. The molecule has 0 aliphatic rings. The first-order valence-corrected chi connectivity index (χ1v) is 6.98. The molecule has 19 heavy (non-hydrogen) atoms. The normalized spacial score (nSPS) is 12.3. The van der Waals surface area contributed by atoms with Gasteiger partial charge in [0, 0.05) is 17.5 Å². The number of aromatic nitrogens is 3. The van der Waals surface area contributed by atoms with Crippen LogP contribution in [0.2, 0.25) is 0 Å². The molecular weight excluding hydrogens is 238 g/mol. The van der Waals surface area contributed by atoms with Crippen LogP contribution in [0.25, 0.3) is 5.78 Å². The molecule has 0 saturated carbocycles. The zero-order valence-corrected chi connectivity index (χ0v) is 12.6. The Kier molecular flexibility index (Phi) is 3.52. The van der Waals surface area contributed by atoms with Crippen molar-refractivity contribution in [2.45, 2.75) is 59.3 Å². The van der Waals surface area contributed by atoms with Crippen LogP contribution in [0.15, 0.2) is 11.0 Å². The lowest BCUT2D eigenvalue weighted by molar-refractivity contribution is 0.735. The van der Waals surface area contributed by atoms with Crippen molar-refractivity contribution in [3.8, 4) is 0 Å². The van der Waals surface area contributed by atoms with Crippen LogP contribution in [-0.2, 0) is 0 Å². The topological polar surface area (TPSA) is 50.2 Å². The molecule has 0 aliphatic heterocycles. The first-order chi connectivity index (χ1) is 8.82. The molecule has 0 aromatic carbocycles. The molecule has 2 aromatic rings. The molecule has 0 amide bonds. The van der Waals surface area contributed by atoms with Gasteiger partial charge in [0.2, 0.25) is 5.78 Å². The predicted molar refractivity (Wildman–Crippen MR) is 78.1 cm³/mol. The van der Waals surface area contributed by atoms with Gasteiger partial charge in [0.05, 0.1) is 5.69 Å². The summed E-state index contributed by atoms with van der Waals surface area (Å²) in [7, 11) is 0. The van der Waals surface area contributed by atoms with E-state index in [2.05, 4.69) is 37.7 Å². The van der Waals surface area contributed by atoms with Crippen LogP contribution in [0, 0.1) is 0 Å². The van der Waals surface area contributed by atoms with E-state index < -0.39 is 0 Å². The zero-order valence-electron chi connectivity index (χ0n) is 12.6. The predicted octanol–water partition coefficient (Wildman–Crippen LogP) is 3.39. The van der Waals surface area contributed by atoms with Crippen molar-refractivity contribution in [3.05, 3.63) is 33.5 Å². The minimum absolute atomic E-state index is 0.0619. The maximum Gasteiger partial charge on any atom is 0.262 e. The molecule has 2 rings (SSSR count). The van der Waals surface area contributed by atoms with Crippen LogP contribution in [0.5, 0.6) is 0 Å². The van der Waals surface area contributed by atoms with Gasteiger partial charge in [0.1, 0.15) is 0 Å². The second-order valence-corrected chi connectivity index (χ2v) is 6.08. The molecule has 4 nitrogen and oxygen atoms in total. The number of imidazole rings is 1. The summed E-state index contributed by atoms with van der Waals surface area (Å²) < 4.78 is 1.65. The molecule has 2 heterocycles. The van der Waals surface area contributed by atoms with E-state index in [1.165, 1.54) is 0 Å². The van der Waals surface area contributed by atoms with E-state index in [9.17, 15) is 4.79 Å². The number of hydrogen-bond donors (Lipinski definition) is 1. The smallest absolute Gasteiger partial charge is 0.262 e. The summed E-state index contributed by atoms with van der Waals surface area (Å²) in [6.45, 7) is 12.5. The summed E-state index contributed by atoms with van der Waals surface area (Å²) in [6, 6.07) is 0. The fourth-order valence-electron chi connectivity index (χ4n) is 2.35. The molecule has 0 atom stereocenters. The Morgan fingerprint density at radius 2 is 1.68 bits per heavy atom. The molecule has 4 heteroatoms. The Labute approximate surface area is 113 Å². The molecule has 2 aromatic heterocycles. The van der Waals surface area contributed by atoms with Crippen molar-refractivity contribution in [3.63, 3.8) is 0 Å². The molecule has 0 spiro atoms. The monoisotopic (exact) mass is 261 g/mol. The minimum atomic E-state index is 0.0619. The second kappa shape index (κ2) is 4.83. The summed E-state index contributed by atoms with van der Waals surface area (Å²) in [5.41, 5.74) is 2.85. The van der Waals surface area contributed by atoms with Crippen LogP contribution in [0.4, 0.5) is 0 Å². The van der Waals surface area contributed by atoms with E-state index in [4.69, 9.17) is 0 Å². The highest BCUT2D eigenvalue weighted by Gasteiger charge is 2.19. The van der Waals surface area contributed by atoms with E-state index in [1.54, 1.807) is 4.40 Å². The molecule has 0 radical (unpaired) electrons. The van der Waals surface area contributed by atoms with Gasteiger partial charge in [-0.05, 0) is 17.8 Å². The number of hydrogen-bond acceptors (Lipinski definition) is 2. The van der Waals surface area contributed by atoms with Crippen LogP contribution in [0.1, 0.15) is 76.2 Å². The number of nitrogens with zero attached hydrogens (tertiary/aromatic N) is 2. The first-order valence-electron chi connectivity index (χ1n) is 6.98. The Hall–Kier alpha value is -1.58. The van der Waals surface area contributed by atoms with Crippen molar-refractivity contribution in [1.82, 2.24) is 14.4 Å². The zero-order chi connectivity index (χ0) is 14.3. The van der Waals surface area contributed by atoms with E-state index in [-0.39, 0.29) is 17.4 Å². The number of nitrogens with one attached hydrogen (secondary N) is 1. The molecule has 1 N–H and O–H groups in total. The van der Waals surface area contributed by atoms with E-state index in [0.29, 0.717) is 11.7 Å². The van der Waals surface area contributed by atoms with Crippen molar-refractivity contribution in [2.24, 2.45) is 0 Å². The summed E-state index contributed by atoms with van der Waals surface area (Å²) in [5.74, 6) is 1.44. The van der Waals surface area contributed by atoms with Gasteiger partial charge >= 0.3 is 0 Å². The van der Waals surface area contributed by atoms with E-state index in [0.717, 1.165) is 17.0 Å². The molecular formula is C15H23N3O. The molecule has 0 bridgehead atoms. The van der Waals surface area contributed by atoms with Crippen molar-refractivity contribution < 1.29 is 0 Å². The van der Waals surface area contributed by atoms with Gasteiger partial charge in [0.25, 0.3) is 5.56 Å². The standard InChI is InChI=1S/C15H23N3O/c1-8(2)11-7-18-14(19)12(9(3)4)13(10(5)6)17-15(18)16-11/h7-10H,1-6H3,(H,16,17). The molecule has 0 unspecified atom stereocenters. The lowest BCUT2D eigenvalue weighted by Crippen LogP contribution is -2.23. The number of rotatable bonds is 3. The number of H-pyrrole nitrogens is 1. The quantitative estimate of drug-likeness (QED) is 0.920. The van der Waals surface area contributed by atoms with Gasteiger partial charge in [-0.25, -0.2) is 4.98 Å². The second-order valence-electron chi connectivity index (χ2n) is 6.08. The summed E-state index contributed by atoms with van der Waals surface area (Å²) >= 11 is 0. The van der Waals surface area contributed by atoms with Crippen LogP contribution in [0.3, 0.4) is 0 Å². The Bertz CT molecular complexity index is 647. The fraction of sp³-hybridized carbons (Fsp3) is 0.600. The Balaban J connectivity index is 2.82. The number of fused-ring (bicyclic) bond motifs is 1. The maximum atomic E-state index is 12.6. The lowest BCUT2D eigenvalue weighted by Gasteiger charge is -2.13. The van der Waals surface area contributed by atoms with Crippen LogP contribution >= 0.6 is 0 Å². The average molecular weight is 261 g/mol. The van der Waals surface area contributed by atoms with Crippen LogP contribution in [-0.4, -0.2) is 14.4 Å². The highest BCUT2D eigenvalue weighted by Crippen LogP contribution is 2.22. The molecule has 0 saturated heterocycles. The first kappa shape index (κ1) is 13.8. The van der Waals surface area contributed by atoms with Crippen molar-refractivity contribution in [1.29, 1.82) is 0 Å². The van der Waals surface area contributed by atoms with Gasteiger partial charge in [-0.3, -0.25) is 9.20 Å². The molecule has 0 fully saturated rings. The lowest BCUT2D eigenvalue weighted by atomic mass is 9.97. The fourth-order valence-corrected chi connectivity index (χ4v) is 2.35. The van der Waals surface area contributed by atoms with Gasteiger partial charge in [-0.15, -0.1) is 0 Å². The van der Waals surface area contributed by atoms with Gasteiger partial charge < -0.3 is 4.98 Å². The summed E-state index contributed by atoms with van der Waals surface area (Å²) in [5, 5.41) is 0. The Morgan fingerprint density at radius 3 is 2.16 bits per heavy atom. The van der Waals surface area contributed by atoms with Crippen molar-refractivity contribution in [2.75, 3.05) is 0 Å². The van der Waals surface area contributed by atoms with Crippen molar-refractivity contribution >= 4 is 5.78 Å². The summed E-state index contributed by atoms with van der Waals surface area (Å²) in [6.07, 6.45) is 1.88. The largest absolute Gasteiger partial charge is 0.327 e. The van der Waals surface area contributed by atoms with Gasteiger partial charge in [-0.1, -0.05) is 41.5 Å². The highest BCUT2D eigenvalue weighted by atomic mass is 16.1. The third-order valence-electron chi connectivity index (χ3n) is 3.45. The average Bonchev–Trinajstić information content (AvgIpc) is 2.72. The van der Waals surface area contributed by atoms with E-state index in [1.807, 2.05) is 20.0 Å². The maximum absolute atomic E-state index is 12.6. The number of aromatic amines is 1. The Morgan fingerprint density at radius 1 is 1.05 bits per heavy atom.